The number of nitrogens with one attached hydrogen (secondary N) is 2. The Bertz CT molecular complexity index is 199. The molecule has 0 fully saturated rings. The van der Waals surface area contributed by atoms with E-state index in [4.69, 9.17) is 5.11 Å². The molecule has 0 aliphatic heterocycles. The smallest absolute Gasteiger partial charge is 0.303 e. The molecule has 114 valence electrons. The summed E-state index contributed by atoms with van der Waals surface area (Å²) in [4.78, 5) is 10.3. The highest BCUT2D eigenvalue weighted by Gasteiger charge is 1.96. The monoisotopic (exact) mass is 272 g/mol. The summed E-state index contributed by atoms with van der Waals surface area (Å²) < 4.78 is 0. The molecule has 4 heteroatoms. The molecule has 0 amide bonds. The van der Waals surface area contributed by atoms with Crippen LogP contribution in [0.25, 0.3) is 0 Å². The largest absolute Gasteiger partial charge is 0.481 e. The molecule has 0 aliphatic rings. The molecule has 0 unspecified atom stereocenters. The van der Waals surface area contributed by atoms with Crippen LogP contribution >= 0.6 is 0 Å². The molecular formula is C15H32N2O2. The third-order valence-corrected chi connectivity index (χ3v) is 3.20. The molecule has 4 nitrogen and oxygen atoms in total. The van der Waals surface area contributed by atoms with E-state index in [1.807, 2.05) is 0 Å². The molecule has 0 spiro atoms. The quantitative estimate of drug-likeness (QED) is 0.401. The van der Waals surface area contributed by atoms with Crippen molar-refractivity contribution in [3.8, 4) is 0 Å². The first-order chi connectivity index (χ1) is 9.27. The SMILES string of the molecule is CCNCCCCNCCCCCCCCC(=O)O. The molecule has 0 saturated heterocycles. The standard InChI is InChI=1S/C15H32N2O2/c1-2-16-12-9-10-14-17-13-8-6-4-3-5-7-11-15(18)19/h16-17H,2-14H2,1H3,(H,18,19). The first-order valence-electron chi connectivity index (χ1n) is 7.90. The van der Waals surface area contributed by atoms with Crippen molar-refractivity contribution in [2.24, 2.45) is 0 Å². The van der Waals surface area contributed by atoms with Gasteiger partial charge in [-0.2, -0.15) is 0 Å². The number of carbonyl (C=O) groups is 1. The summed E-state index contributed by atoms with van der Waals surface area (Å²) in [6, 6.07) is 0. The Morgan fingerprint density at radius 1 is 0.789 bits per heavy atom. The highest BCUT2D eigenvalue weighted by atomic mass is 16.4. The second-order valence-corrected chi connectivity index (χ2v) is 5.08. The topological polar surface area (TPSA) is 61.4 Å². The normalized spacial score (nSPS) is 10.8. The molecule has 0 bridgehead atoms. The summed E-state index contributed by atoms with van der Waals surface area (Å²) in [5.41, 5.74) is 0. The predicted molar refractivity (Wildman–Crippen MR) is 80.6 cm³/mol. The second-order valence-electron chi connectivity index (χ2n) is 5.08. The van der Waals surface area contributed by atoms with E-state index in [9.17, 15) is 4.79 Å². The van der Waals surface area contributed by atoms with E-state index in [0.717, 1.165) is 39.0 Å². The Morgan fingerprint density at radius 2 is 1.26 bits per heavy atom. The lowest BCUT2D eigenvalue weighted by Crippen LogP contribution is -2.19. The Hall–Kier alpha value is -0.610. The molecule has 0 heterocycles. The van der Waals surface area contributed by atoms with Gasteiger partial charge in [0.25, 0.3) is 0 Å². The van der Waals surface area contributed by atoms with Crippen LogP contribution in [0.4, 0.5) is 0 Å². The number of carboxylic acids is 1. The minimum atomic E-state index is -0.668. The van der Waals surface area contributed by atoms with Gasteiger partial charge in [-0.15, -0.1) is 0 Å². The Kier molecular flexibility index (Phi) is 15.0. The molecule has 0 saturated carbocycles. The van der Waals surface area contributed by atoms with Crippen molar-refractivity contribution in [3.05, 3.63) is 0 Å². The van der Waals surface area contributed by atoms with Crippen molar-refractivity contribution >= 4 is 5.97 Å². The van der Waals surface area contributed by atoms with Gasteiger partial charge in [-0.3, -0.25) is 4.79 Å². The van der Waals surface area contributed by atoms with Gasteiger partial charge in [0.2, 0.25) is 0 Å². The zero-order chi connectivity index (χ0) is 14.2. The Balaban J connectivity index is 2.93. The van der Waals surface area contributed by atoms with Crippen LogP contribution in [0.2, 0.25) is 0 Å². The molecule has 0 atom stereocenters. The van der Waals surface area contributed by atoms with E-state index in [1.54, 1.807) is 0 Å². The average Bonchev–Trinajstić information content (AvgIpc) is 2.39. The Labute approximate surface area is 118 Å². The van der Waals surface area contributed by atoms with E-state index in [2.05, 4.69) is 17.6 Å². The molecule has 0 rings (SSSR count). The second kappa shape index (κ2) is 15.4. The third-order valence-electron chi connectivity index (χ3n) is 3.20. The van der Waals surface area contributed by atoms with Gasteiger partial charge in [0.1, 0.15) is 0 Å². The van der Waals surface area contributed by atoms with E-state index < -0.39 is 5.97 Å². The molecule has 3 N–H and O–H groups in total. The number of hydrogen-bond acceptors (Lipinski definition) is 3. The average molecular weight is 272 g/mol. The van der Waals surface area contributed by atoms with Gasteiger partial charge < -0.3 is 15.7 Å². The summed E-state index contributed by atoms with van der Waals surface area (Å²) in [5.74, 6) is -0.668. The number of hydrogen-bond donors (Lipinski definition) is 3. The lowest BCUT2D eigenvalue weighted by Gasteiger charge is -2.05. The van der Waals surface area contributed by atoms with Gasteiger partial charge >= 0.3 is 5.97 Å². The number of rotatable bonds is 15. The number of unbranched alkanes of at least 4 members (excludes halogenated alkanes) is 6. The van der Waals surface area contributed by atoms with Crippen LogP contribution in [0.3, 0.4) is 0 Å². The van der Waals surface area contributed by atoms with Gasteiger partial charge in [-0.25, -0.2) is 0 Å². The van der Waals surface area contributed by atoms with Crippen LogP contribution in [-0.4, -0.2) is 37.3 Å². The van der Waals surface area contributed by atoms with Crippen molar-refractivity contribution in [3.63, 3.8) is 0 Å². The number of carboxylic acid groups (broad SMARTS) is 1. The minimum absolute atomic E-state index is 0.328. The van der Waals surface area contributed by atoms with Crippen LogP contribution < -0.4 is 10.6 Å². The predicted octanol–water partition coefficient (Wildman–Crippen LogP) is 2.78. The van der Waals surface area contributed by atoms with Gasteiger partial charge in [0.15, 0.2) is 0 Å². The lowest BCUT2D eigenvalue weighted by atomic mass is 10.1. The van der Waals surface area contributed by atoms with Crippen LogP contribution in [0, 0.1) is 0 Å². The lowest BCUT2D eigenvalue weighted by molar-refractivity contribution is -0.137. The highest BCUT2D eigenvalue weighted by molar-refractivity contribution is 5.66. The van der Waals surface area contributed by atoms with Crippen molar-refractivity contribution in [1.82, 2.24) is 10.6 Å². The Morgan fingerprint density at radius 3 is 1.84 bits per heavy atom. The minimum Gasteiger partial charge on any atom is -0.481 e. The molecule has 0 aromatic rings. The van der Waals surface area contributed by atoms with Crippen molar-refractivity contribution in [1.29, 1.82) is 0 Å². The summed E-state index contributed by atoms with van der Waals surface area (Å²) in [5, 5.41) is 15.3. The maximum absolute atomic E-state index is 10.3. The van der Waals surface area contributed by atoms with E-state index in [-0.39, 0.29) is 0 Å². The first-order valence-corrected chi connectivity index (χ1v) is 7.90. The van der Waals surface area contributed by atoms with Crippen LogP contribution in [0.5, 0.6) is 0 Å². The zero-order valence-electron chi connectivity index (χ0n) is 12.5. The maximum atomic E-state index is 10.3. The van der Waals surface area contributed by atoms with E-state index in [1.165, 1.54) is 38.5 Å². The van der Waals surface area contributed by atoms with Crippen molar-refractivity contribution in [2.75, 3.05) is 26.2 Å². The molecule has 0 aromatic carbocycles. The van der Waals surface area contributed by atoms with E-state index >= 15 is 0 Å². The molecular weight excluding hydrogens is 240 g/mol. The fourth-order valence-corrected chi connectivity index (χ4v) is 2.04. The molecule has 0 aromatic heterocycles. The summed E-state index contributed by atoms with van der Waals surface area (Å²) >= 11 is 0. The molecule has 0 aliphatic carbocycles. The number of aliphatic carboxylic acids is 1. The van der Waals surface area contributed by atoms with Gasteiger partial charge in [0, 0.05) is 6.42 Å². The van der Waals surface area contributed by atoms with Crippen LogP contribution in [0.1, 0.15) is 64.7 Å². The fraction of sp³-hybridized carbons (Fsp3) is 0.933. The molecule has 0 radical (unpaired) electrons. The van der Waals surface area contributed by atoms with Crippen molar-refractivity contribution < 1.29 is 9.90 Å². The van der Waals surface area contributed by atoms with E-state index in [0.29, 0.717) is 6.42 Å². The summed E-state index contributed by atoms with van der Waals surface area (Å²) in [7, 11) is 0. The van der Waals surface area contributed by atoms with Gasteiger partial charge in [-0.05, 0) is 51.9 Å². The first kappa shape index (κ1) is 18.4. The van der Waals surface area contributed by atoms with Crippen LogP contribution in [0.15, 0.2) is 0 Å². The third kappa shape index (κ3) is 17.4. The fourth-order valence-electron chi connectivity index (χ4n) is 2.04. The van der Waals surface area contributed by atoms with Gasteiger partial charge in [0.05, 0.1) is 0 Å². The summed E-state index contributed by atoms with van der Waals surface area (Å²) in [6.45, 7) is 6.59. The maximum Gasteiger partial charge on any atom is 0.303 e. The van der Waals surface area contributed by atoms with Crippen molar-refractivity contribution in [2.45, 2.75) is 64.7 Å². The molecule has 19 heavy (non-hydrogen) atoms. The highest BCUT2D eigenvalue weighted by Crippen LogP contribution is 2.06. The van der Waals surface area contributed by atoms with Crippen LogP contribution in [-0.2, 0) is 4.79 Å². The van der Waals surface area contributed by atoms with Gasteiger partial charge in [-0.1, -0.05) is 32.6 Å². The summed E-state index contributed by atoms with van der Waals surface area (Å²) in [6.07, 6.45) is 9.64. The zero-order valence-corrected chi connectivity index (χ0v) is 12.5.